The first-order valence-corrected chi connectivity index (χ1v) is 9.86. The topological polar surface area (TPSA) is 98.1 Å². The molecule has 1 saturated heterocycles. The SMILES string of the molecule is O=C(Cn1nc(-c2ccc(Cl)cc2)ccc1=O)NC1CCS(=O)(=O)C1. The Kier molecular flexibility index (Phi) is 4.91. The molecule has 2 heterocycles. The number of rotatable bonds is 4. The fraction of sp³-hybridized carbons (Fsp3) is 0.312. The average Bonchev–Trinajstić information content (AvgIpc) is 2.89. The first-order chi connectivity index (χ1) is 11.8. The molecule has 1 N–H and O–H groups in total. The number of benzene rings is 1. The number of sulfone groups is 1. The summed E-state index contributed by atoms with van der Waals surface area (Å²) in [6, 6.07) is 9.45. The summed E-state index contributed by atoms with van der Waals surface area (Å²) >= 11 is 5.85. The normalized spacial score (nSPS) is 18.8. The van der Waals surface area contributed by atoms with Crippen LogP contribution >= 0.6 is 11.6 Å². The van der Waals surface area contributed by atoms with E-state index >= 15 is 0 Å². The van der Waals surface area contributed by atoms with Crippen LogP contribution in [-0.4, -0.2) is 41.7 Å². The lowest BCUT2D eigenvalue weighted by atomic mass is 10.1. The van der Waals surface area contributed by atoms with Gasteiger partial charge in [0.25, 0.3) is 5.56 Å². The molecule has 132 valence electrons. The monoisotopic (exact) mass is 381 g/mol. The molecule has 1 aromatic carbocycles. The van der Waals surface area contributed by atoms with Crippen LogP contribution in [0.2, 0.25) is 5.02 Å². The number of carbonyl (C=O) groups excluding carboxylic acids is 1. The van der Waals surface area contributed by atoms with Crippen molar-refractivity contribution in [1.29, 1.82) is 0 Å². The van der Waals surface area contributed by atoms with Crippen molar-refractivity contribution in [3.05, 3.63) is 51.8 Å². The van der Waals surface area contributed by atoms with Crippen molar-refractivity contribution in [2.24, 2.45) is 0 Å². The Bertz CT molecular complexity index is 954. The molecular formula is C16H16ClN3O4S. The second-order valence-electron chi connectivity index (χ2n) is 5.89. The van der Waals surface area contributed by atoms with E-state index in [0.29, 0.717) is 17.1 Å². The molecule has 25 heavy (non-hydrogen) atoms. The van der Waals surface area contributed by atoms with Crippen molar-refractivity contribution in [3.8, 4) is 11.3 Å². The summed E-state index contributed by atoms with van der Waals surface area (Å²) in [4.78, 5) is 24.0. The zero-order chi connectivity index (χ0) is 18.0. The number of carbonyl (C=O) groups is 1. The molecule has 0 bridgehead atoms. The molecule has 1 amide bonds. The van der Waals surface area contributed by atoms with Crippen LogP contribution in [0.15, 0.2) is 41.2 Å². The van der Waals surface area contributed by atoms with Gasteiger partial charge in [0.2, 0.25) is 5.91 Å². The van der Waals surface area contributed by atoms with E-state index in [1.807, 2.05) is 0 Å². The third kappa shape index (κ3) is 4.46. The molecule has 9 heteroatoms. The summed E-state index contributed by atoms with van der Waals surface area (Å²) in [6.07, 6.45) is 0.390. The molecule has 3 rings (SSSR count). The van der Waals surface area contributed by atoms with Gasteiger partial charge >= 0.3 is 0 Å². The highest BCUT2D eigenvalue weighted by molar-refractivity contribution is 7.91. The number of hydrogen-bond acceptors (Lipinski definition) is 5. The van der Waals surface area contributed by atoms with E-state index in [2.05, 4.69) is 10.4 Å². The van der Waals surface area contributed by atoms with Gasteiger partial charge in [-0.05, 0) is 24.6 Å². The van der Waals surface area contributed by atoms with Gasteiger partial charge < -0.3 is 5.32 Å². The Labute approximate surface area is 149 Å². The highest BCUT2D eigenvalue weighted by Gasteiger charge is 2.28. The third-order valence-electron chi connectivity index (χ3n) is 3.90. The summed E-state index contributed by atoms with van der Waals surface area (Å²) < 4.78 is 23.9. The van der Waals surface area contributed by atoms with Gasteiger partial charge in [0.15, 0.2) is 9.84 Å². The summed E-state index contributed by atoms with van der Waals surface area (Å²) in [5.41, 5.74) is 0.889. The molecule has 1 aliphatic heterocycles. The van der Waals surface area contributed by atoms with Crippen molar-refractivity contribution in [3.63, 3.8) is 0 Å². The maximum Gasteiger partial charge on any atom is 0.267 e. The lowest BCUT2D eigenvalue weighted by molar-refractivity contribution is -0.122. The Balaban J connectivity index is 1.73. The summed E-state index contributed by atoms with van der Waals surface area (Å²) in [5.74, 6) is -0.432. The highest BCUT2D eigenvalue weighted by atomic mass is 35.5. The summed E-state index contributed by atoms with van der Waals surface area (Å²) in [6.45, 7) is -0.267. The first-order valence-electron chi connectivity index (χ1n) is 7.66. The fourth-order valence-corrected chi connectivity index (χ4v) is 4.45. The predicted octanol–water partition coefficient (Wildman–Crippen LogP) is 0.867. The van der Waals surface area contributed by atoms with Crippen LogP contribution in [0.3, 0.4) is 0 Å². The van der Waals surface area contributed by atoms with Crippen LogP contribution in [0.1, 0.15) is 6.42 Å². The van der Waals surface area contributed by atoms with Gasteiger partial charge in [-0.1, -0.05) is 23.7 Å². The number of nitrogens with zero attached hydrogens (tertiary/aromatic N) is 2. The first kappa shape index (κ1) is 17.6. The quantitative estimate of drug-likeness (QED) is 0.847. The minimum absolute atomic E-state index is 0.0636. The van der Waals surface area contributed by atoms with Crippen LogP contribution in [0.5, 0.6) is 0 Å². The van der Waals surface area contributed by atoms with E-state index < -0.39 is 27.3 Å². The molecular weight excluding hydrogens is 366 g/mol. The largest absolute Gasteiger partial charge is 0.351 e. The maximum absolute atomic E-state index is 12.1. The van der Waals surface area contributed by atoms with Gasteiger partial charge in [-0.15, -0.1) is 0 Å². The molecule has 0 aliphatic carbocycles. The van der Waals surface area contributed by atoms with E-state index in [1.54, 1.807) is 30.3 Å². The van der Waals surface area contributed by atoms with Gasteiger partial charge in [0.05, 0.1) is 17.2 Å². The molecule has 2 aromatic rings. The van der Waals surface area contributed by atoms with Crippen molar-refractivity contribution >= 4 is 27.3 Å². The number of amides is 1. The van der Waals surface area contributed by atoms with Gasteiger partial charge in [-0.25, -0.2) is 13.1 Å². The lowest BCUT2D eigenvalue weighted by Gasteiger charge is -2.12. The zero-order valence-corrected chi connectivity index (χ0v) is 14.8. The number of aromatic nitrogens is 2. The van der Waals surface area contributed by atoms with Crippen LogP contribution < -0.4 is 10.9 Å². The third-order valence-corrected chi connectivity index (χ3v) is 5.92. The number of hydrogen-bond donors (Lipinski definition) is 1. The van der Waals surface area contributed by atoms with E-state index in [-0.39, 0.29) is 18.1 Å². The van der Waals surface area contributed by atoms with Crippen LogP contribution in [-0.2, 0) is 21.2 Å². The van der Waals surface area contributed by atoms with Gasteiger partial charge in [0.1, 0.15) is 6.54 Å². The Morgan fingerprint density at radius 2 is 1.96 bits per heavy atom. The highest BCUT2D eigenvalue weighted by Crippen LogP contribution is 2.18. The standard InChI is InChI=1S/C16H16ClN3O4S/c17-12-3-1-11(2-4-12)14-5-6-16(22)20(19-14)9-15(21)18-13-7-8-25(23,24)10-13/h1-6,13H,7-10H2,(H,18,21). The summed E-state index contributed by atoms with van der Waals surface area (Å²) in [5, 5.41) is 7.43. The number of halogens is 1. The van der Waals surface area contributed by atoms with Gasteiger partial charge in [-0.2, -0.15) is 5.10 Å². The minimum atomic E-state index is -3.08. The van der Waals surface area contributed by atoms with E-state index in [0.717, 1.165) is 10.2 Å². The minimum Gasteiger partial charge on any atom is -0.351 e. The molecule has 1 atom stereocenters. The lowest BCUT2D eigenvalue weighted by Crippen LogP contribution is -2.40. The van der Waals surface area contributed by atoms with Gasteiger partial charge in [-0.3, -0.25) is 9.59 Å². The molecule has 1 aliphatic rings. The molecule has 0 spiro atoms. The van der Waals surface area contributed by atoms with E-state index in [9.17, 15) is 18.0 Å². The average molecular weight is 382 g/mol. The Morgan fingerprint density at radius 3 is 2.60 bits per heavy atom. The van der Waals surface area contributed by atoms with Gasteiger partial charge in [0, 0.05) is 22.7 Å². The predicted molar refractivity (Wildman–Crippen MR) is 94.1 cm³/mol. The molecule has 0 saturated carbocycles. The second-order valence-corrected chi connectivity index (χ2v) is 8.55. The summed E-state index contributed by atoms with van der Waals surface area (Å²) in [7, 11) is -3.08. The van der Waals surface area contributed by atoms with Crippen LogP contribution in [0.4, 0.5) is 0 Å². The smallest absolute Gasteiger partial charge is 0.267 e. The molecule has 0 radical (unpaired) electrons. The second kappa shape index (κ2) is 6.97. The molecule has 7 nitrogen and oxygen atoms in total. The molecule has 1 aromatic heterocycles. The van der Waals surface area contributed by atoms with E-state index in [4.69, 9.17) is 11.6 Å². The maximum atomic E-state index is 12.1. The van der Waals surface area contributed by atoms with Crippen molar-refractivity contribution in [2.45, 2.75) is 19.0 Å². The van der Waals surface area contributed by atoms with Crippen molar-refractivity contribution in [1.82, 2.24) is 15.1 Å². The zero-order valence-electron chi connectivity index (χ0n) is 13.2. The molecule has 1 unspecified atom stereocenters. The molecule has 1 fully saturated rings. The van der Waals surface area contributed by atoms with E-state index in [1.165, 1.54) is 6.07 Å². The van der Waals surface area contributed by atoms with Crippen molar-refractivity contribution in [2.75, 3.05) is 11.5 Å². The number of nitrogens with one attached hydrogen (secondary N) is 1. The fourth-order valence-electron chi connectivity index (χ4n) is 2.65. The van der Waals surface area contributed by atoms with Crippen LogP contribution in [0, 0.1) is 0 Å². The Morgan fingerprint density at radius 1 is 1.24 bits per heavy atom. The van der Waals surface area contributed by atoms with Crippen LogP contribution in [0.25, 0.3) is 11.3 Å². The Hall–Kier alpha value is -2.19. The van der Waals surface area contributed by atoms with Crippen molar-refractivity contribution < 1.29 is 13.2 Å².